The smallest absolute Gasteiger partial charge is 0.226 e. The fourth-order valence-electron chi connectivity index (χ4n) is 4.03. The van der Waals surface area contributed by atoms with Crippen LogP contribution in [0.3, 0.4) is 0 Å². The molecule has 3 fully saturated rings. The first-order chi connectivity index (χ1) is 8.77. The minimum absolute atomic E-state index is 0. The van der Waals surface area contributed by atoms with Crippen molar-refractivity contribution >= 4 is 18.3 Å². The van der Waals surface area contributed by atoms with Gasteiger partial charge in [0, 0.05) is 18.5 Å². The summed E-state index contributed by atoms with van der Waals surface area (Å²) in [6.07, 6.45) is 7.89. The second kappa shape index (κ2) is 6.45. The van der Waals surface area contributed by atoms with Crippen molar-refractivity contribution in [2.45, 2.75) is 51.5 Å². The molecule has 0 bridgehead atoms. The van der Waals surface area contributed by atoms with Gasteiger partial charge in [0.1, 0.15) is 0 Å². The van der Waals surface area contributed by atoms with Gasteiger partial charge in [0.15, 0.2) is 0 Å². The predicted octanol–water partition coefficient (Wildman–Crippen LogP) is 2.44. The van der Waals surface area contributed by atoms with E-state index in [1.54, 1.807) is 0 Å². The van der Waals surface area contributed by atoms with E-state index in [0.717, 1.165) is 25.6 Å². The van der Waals surface area contributed by atoms with Gasteiger partial charge in [-0.05, 0) is 50.6 Å². The quantitative estimate of drug-likeness (QED) is 0.846. The first-order valence-corrected chi connectivity index (χ1v) is 7.78. The van der Waals surface area contributed by atoms with Crippen LogP contribution >= 0.6 is 12.4 Å². The van der Waals surface area contributed by atoms with Gasteiger partial charge in [0.05, 0.1) is 0 Å². The highest BCUT2D eigenvalue weighted by molar-refractivity contribution is 5.85. The number of hydrogen-bond donors (Lipinski definition) is 1. The number of piperidine rings is 1. The minimum atomic E-state index is 0. The zero-order valence-corrected chi connectivity index (χ0v) is 12.8. The summed E-state index contributed by atoms with van der Waals surface area (Å²) in [4.78, 5) is 14.9. The van der Waals surface area contributed by atoms with Gasteiger partial charge in [-0.2, -0.15) is 0 Å². The molecule has 3 rings (SSSR count). The van der Waals surface area contributed by atoms with Crippen molar-refractivity contribution in [3.63, 3.8) is 0 Å². The Morgan fingerprint density at radius 2 is 1.84 bits per heavy atom. The molecule has 3 nitrogen and oxygen atoms in total. The standard InChI is InChI=1S/C15H26N2O.ClH/c1-11(13-9-16-10-13)15(18)17-8-4-6-12-5-2-3-7-14(12)17;/h11-14,16H,2-10H2,1H3;1H. The zero-order valence-electron chi connectivity index (χ0n) is 11.9. The fourth-order valence-corrected chi connectivity index (χ4v) is 4.03. The first kappa shape index (κ1) is 15.1. The molecule has 1 aliphatic carbocycles. The van der Waals surface area contributed by atoms with Crippen molar-refractivity contribution < 1.29 is 4.79 Å². The average molecular weight is 287 g/mol. The number of halogens is 1. The Hall–Kier alpha value is -0.280. The molecule has 2 saturated heterocycles. The monoisotopic (exact) mass is 286 g/mol. The summed E-state index contributed by atoms with van der Waals surface area (Å²) in [6, 6.07) is 0.579. The number of hydrogen-bond acceptors (Lipinski definition) is 2. The third-order valence-electron chi connectivity index (χ3n) is 5.44. The second-order valence-corrected chi connectivity index (χ2v) is 6.49. The Balaban J connectivity index is 0.00000133. The van der Waals surface area contributed by atoms with E-state index >= 15 is 0 Å². The van der Waals surface area contributed by atoms with Crippen molar-refractivity contribution in [1.82, 2.24) is 10.2 Å². The number of amides is 1. The van der Waals surface area contributed by atoms with Crippen LogP contribution in [0.25, 0.3) is 0 Å². The molecule has 3 atom stereocenters. The van der Waals surface area contributed by atoms with Crippen LogP contribution in [0.4, 0.5) is 0 Å². The van der Waals surface area contributed by atoms with Crippen molar-refractivity contribution in [2.75, 3.05) is 19.6 Å². The molecule has 2 heterocycles. The second-order valence-electron chi connectivity index (χ2n) is 6.49. The molecule has 1 amide bonds. The van der Waals surface area contributed by atoms with Gasteiger partial charge in [-0.3, -0.25) is 4.79 Å². The summed E-state index contributed by atoms with van der Waals surface area (Å²) in [6.45, 7) is 5.23. The molecule has 0 spiro atoms. The van der Waals surface area contributed by atoms with E-state index in [9.17, 15) is 4.79 Å². The van der Waals surface area contributed by atoms with Crippen molar-refractivity contribution in [3.05, 3.63) is 0 Å². The SMILES string of the molecule is CC(C(=O)N1CCCC2CCCCC21)C1CNC1.Cl. The van der Waals surface area contributed by atoms with Crippen molar-refractivity contribution in [2.24, 2.45) is 17.8 Å². The number of likely N-dealkylation sites (tertiary alicyclic amines) is 1. The Kier molecular flexibility index (Phi) is 5.13. The van der Waals surface area contributed by atoms with Gasteiger partial charge < -0.3 is 10.2 Å². The van der Waals surface area contributed by atoms with E-state index in [2.05, 4.69) is 17.1 Å². The molecular weight excluding hydrogens is 260 g/mol. The highest BCUT2D eigenvalue weighted by Gasteiger charge is 2.39. The Bertz CT molecular complexity index is 317. The van der Waals surface area contributed by atoms with Crippen LogP contribution in [0.2, 0.25) is 0 Å². The summed E-state index contributed by atoms with van der Waals surface area (Å²) >= 11 is 0. The van der Waals surface area contributed by atoms with Gasteiger partial charge in [0.2, 0.25) is 5.91 Å². The van der Waals surface area contributed by atoms with Crippen LogP contribution < -0.4 is 5.32 Å². The van der Waals surface area contributed by atoms with Crippen LogP contribution in [-0.2, 0) is 4.79 Å². The van der Waals surface area contributed by atoms with E-state index in [1.165, 1.54) is 38.5 Å². The molecular formula is C15H27ClN2O. The van der Waals surface area contributed by atoms with Gasteiger partial charge in [-0.1, -0.05) is 19.8 Å². The Morgan fingerprint density at radius 3 is 2.53 bits per heavy atom. The van der Waals surface area contributed by atoms with Crippen molar-refractivity contribution in [3.8, 4) is 0 Å². The number of nitrogens with zero attached hydrogens (tertiary/aromatic N) is 1. The van der Waals surface area contributed by atoms with Crippen LogP contribution in [0.1, 0.15) is 45.4 Å². The van der Waals surface area contributed by atoms with Crippen LogP contribution in [0, 0.1) is 17.8 Å². The molecule has 4 heteroatoms. The van der Waals surface area contributed by atoms with E-state index in [0.29, 0.717) is 17.9 Å². The lowest BCUT2D eigenvalue weighted by Gasteiger charge is -2.46. The maximum Gasteiger partial charge on any atom is 0.226 e. The highest BCUT2D eigenvalue weighted by Crippen LogP contribution is 2.36. The molecule has 1 saturated carbocycles. The largest absolute Gasteiger partial charge is 0.339 e. The summed E-state index contributed by atoms with van der Waals surface area (Å²) in [5, 5.41) is 3.29. The normalized spacial score (nSPS) is 32.8. The van der Waals surface area contributed by atoms with Crippen LogP contribution in [0.15, 0.2) is 0 Å². The Morgan fingerprint density at radius 1 is 1.16 bits per heavy atom. The molecule has 0 aromatic rings. The number of carbonyl (C=O) groups is 1. The number of carbonyl (C=O) groups excluding carboxylic acids is 1. The summed E-state index contributed by atoms with van der Waals surface area (Å²) < 4.78 is 0. The molecule has 2 aliphatic heterocycles. The average Bonchev–Trinajstić information content (AvgIpc) is 2.35. The van der Waals surface area contributed by atoms with Gasteiger partial charge in [-0.15, -0.1) is 12.4 Å². The molecule has 0 radical (unpaired) electrons. The lowest BCUT2D eigenvalue weighted by Crippen LogP contribution is -2.55. The molecule has 3 unspecified atom stereocenters. The van der Waals surface area contributed by atoms with Gasteiger partial charge >= 0.3 is 0 Å². The maximum atomic E-state index is 12.7. The van der Waals surface area contributed by atoms with E-state index < -0.39 is 0 Å². The topological polar surface area (TPSA) is 32.3 Å². The predicted molar refractivity (Wildman–Crippen MR) is 79.5 cm³/mol. The van der Waals surface area contributed by atoms with E-state index in [-0.39, 0.29) is 18.3 Å². The van der Waals surface area contributed by atoms with E-state index in [4.69, 9.17) is 0 Å². The third kappa shape index (κ3) is 2.92. The summed E-state index contributed by atoms with van der Waals surface area (Å²) in [7, 11) is 0. The van der Waals surface area contributed by atoms with Crippen LogP contribution in [0.5, 0.6) is 0 Å². The first-order valence-electron chi connectivity index (χ1n) is 7.78. The Labute approximate surface area is 122 Å². The minimum Gasteiger partial charge on any atom is -0.339 e. The fraction of sp³-hybridized carbons (Fsp3) is 0.933. The lowest BCUT2D eigenvalue weighted by molar-refractivity contribution is -0.143. The highest BCUT2D eigenvalue weighted by atomic mass is 35.5. The number of nitrogens with one attached hydrogen (secondary N) is 1. The third-order valence-corrected chi connectivity index (χ3v) is 5.44. The van der Waals surface area contributed by atoms with Gasteiger partial charge in [-0.25, -0.2) is 0 Å². The summed E-state index contributed by atoms with van der Waals surface area (Å²) in [5.41, 5.74) is 0. The lowest BCUT2D eigenvalue weighted by atomic mass is 9.77. The number of fused-ring (bicyclic) bond motifs is 1. The molecule has 110 valence electrons. The molecule has 0 aromatic heterocycles. The molecule has 3 aliphatic rings. The maximum absolute atomic E-state index is 12.7. The zero-order chi connectivity index (χ0) is 12.5. The molecule has 19 heavy (non-hydrogen) atoms. The van der Waals surface area contributed by atoms with E-state index in [1.807, 2.05) is 0 Å². The van der Waals surface area contributed by atoms with Gasteiger partial charge in [0.25, 0.3) is 0 Å². The number of rotatable bonds is 2. The summed E-state index contributed by atoms with van der Waals surface area (Å²) in [5.74, 6) is 2.06. The van der Waals surface area contributed by atoms with Crippen LogP contribution in [-0.4, -0.2) is 36.5 Å². The van der Waals surface area contributed by atoms with Crippen molar-refractivity contribution in [1.29, 1.82) is 0 Å². The molecule has 1 N–H and O–H groups in total. The molecule has 0 aromatic carbocycles.